The van der Waals surface area contributed by atoms with Gasteiger partial charge in [-0.2, -0.15) is 0 Å². The van der Waals surface area contributed by atoms with E-state index in [1.54, 1.807) is 0 Å². The van der Waals surface area contributed by atoms with Gasteiger partial charge in [-0.25, -0.2) is 0 Å². The van der Waals surface area contributed by atoms with Gasteiger partial charge in [0.05, 0.1) is 6.10 Å². The predicted molar refractivity (Wildman–Crippen MR) is 62.2 cm³/mol. The molecule has 3 fully saturated rings. The Labute approximate surface area is 105 Å². The van der Waals surface area contributed by atoms with Crippen molar-refractivity contribution in [3.63, 3.8) is 0 Å². The Morgan fingerprint density at radius 3 is 2.50 bits per heavy atom. The molecule has 0 spiro atoms. The first-order chi connectivity index (χ1) is 7.61. The molecule has 0 aromatic rings. The fourth-order valence-electron chi connectivity index (χ4n) is 4.11. The van der Waals surface area contributed by atoms with E-state index in [0.29, 0.717) is 23.1 Å². The molecule has 1 N–H and O–H groups in total. The number of hydrogen-bond donors (Lipinski definition) is 1. The van der Waals surface area contributed by atoms with Crippen molar-refractivity contribution in [2.24, 2.45) is 23.7 Å². The first kappa shape index (κ1) is 11.1. The van der Waals surface area contributed by atoms with Crippen molar-refractivity contribution in [1.29, 1.82) is 0 Å². The van der Waals surface area contributed by atoms with Crippen LogP contribution in [0.1, 0.15) is 25.7 Å². The second kappa shape index (κ2) is 3.72. The Kier molecular flexibility index (Phi) is 2.58. The SMILES string of the molecule is O=C1CCC(O)[C@@H]2C3CCC(C3=C(Cl)Cl)[C@H]12. The number of halogens is 2. The Hall–Kier alpha value is -0.0500. The Morgan fingerprint density at radius 1 is 1.19 bits per heavy atom. The van der Waals surface area contributed by atoms with E-state index in [-0.39, 0.29) is 29.8 Å². The van der Waals surface area contributed by atoms with Gasteiger partial charge in [-0.05, 0) is 36.7 Å². The number of ketones is 1. The van der Waals surface area contributed by atoms with Crippen LogP contribution in [0.2, 0.25) is 0 Å². The number of aliphatic hydroxyl groups is 1. The molecule has 3 aliphatic carbocycles. The highest BCUT2D eigenvalue weighted by atomic mass is 35.5. The molecule has 3 aliphatic rings. The quantitative estimate of drug-likeness (QED) is 0.727. The number of carbonyl (C=O) groups is 1. The standard InChI is InChI=1S/C12H14Cl2O2/c13-12(14)9-5-1-2-6(9)11-8(16)4-3-7(15)10(5)11/h5-7,10-11,15H,1-4H2/t5?,6?,7?,10-,11+/m0/s1. The van der Waals surface area contributed by atoms with E-state index in [9.17, 15) is 9.90 Å². The number of rotatable bonds is 0. The molecule has 3 rings (SSSR count). The van der Waals surface area contributed by atoms with Gasteiger partial charge in [0, 0.05) is 18.3 Å². The molecule has 4 heteroatoms. The molecule has 0 saturated heterocycles. The summed E-state index contributed by atoms with van der Waals surface area (Å²) >= 11 is 11.9. The van der Waals surface area contributed by atoms with E-state index in [0.717, 1.165) is 18.4 Å². The molecule has 2 bridgehead atoms. The number of hydrogen-bond acceptors (Lipinski definition) is 2. The molecule has 0 aromatic heterocycles. The Morgan fingerprint density at radius 2 is 1.88 bits per heavy atom. The van der Waals surface area contributed by atoms with Crippen LogP contribution in [-0.2, 0) is 4.79 Å². The zero-order valence-electron chi connectivity index (χ0n) is 8.83. The van der Waals surface area contributed by atoms with E-state index >= 15 is 0 Å². The van der Waals surface area contributed by atoms with Crippen LogP contribution in [0.4, 0.5) is 0 Å². The van der Waals surface area contributed by atoms with Crippen LogP contribution in [0.25, 0.3) is 0 Å². The summed E-state index contributed by atoms with van der Waals surface area (Å²) in [5.74, 6) is 0.837. The first-order valence-corrected chi connectivity index (χ1v) is 6.62. The van der Waals surface area contributed by atoms with Gasteiger partial charge < -0.3 is 5.11 Å². The maximum absolute atomic E-state index is 12.0. The van der Waals surface area contributed by atoms with Gasteiger partial charge in [-0.15, -0.1) is 0 Å². The maximum atomic E-state index is 12.0. The van der Waals surface area contributed by atoms with Crippen molar-refractivity contribution in [3.05, 3.63) is 10.1 Å². The van der Waals surface area contributed by atoms with Crippen molar-refractivity contribution < 1.29 is 9.90 Å². The second-order valence-corrected chi connectivity index (χ2v) is 6.13. The zero-order chi connectivity index (χ0) is 11.4. The van der Waals surface area contributed by atoms with Crippen LogP contribution < -0.4 is 0 Å². The van der Waals surface area contributed by atoms with Crippen molar-refractivity contribution in [2.45, 2.75) is 31.8 Å². The highest BCUT2D eigenvalue weighted by Crippen LogP contribution is 2.60. The smallest absolute Gasteiger partial charge is 0.137 e. The van der Waals surface area contributed by atoms with Gasteiger partial charge in [0.15, 0.2) is 0 Å². The minimum atomic E-state index is -0.347. The van der Waals surface area contributed by atoms with Crippen LogP contribution >= 0.6 is 23.2 Å². The molecule has 3 unspecified atom stereocenters. The summed E-state index contributed by atoms with van der Waals surface area (Å²) in [7, 11) is 0. The van der Waals surface area contributed by atoms with Gasteiger partial charge in [0.25, 0.3) is 0 Å². The molecule has 16 heavy (non-hydrogen) atoms. The lowest BCUT2D eigenvalue weighted by atomic mass is 9.69. The lowest BCUT2D eigenvalue weighted by Crippen LogP contribution is -2.41. The number of fused-ring (bicyclic) bond motifs is 5. The molecule has 0 aromatic carbocycles. The van der Waals surface area contributed by atoms with E-state index in [1.165, 1.54) is 0 Å². The minimum absolute atomic E-state index is 0.00926. The highest BCUT2D eigenvalue weighted by molar-refractivity contribution is 6.56. The maximum Gasteiger partial charge on any atom is 0.137 e. The van der Waals surface area contributed by atoms with E-state index in [1.807, 2.05) is 0 Å². The number of allylic oxidation sites excluding steroid dienone is 1. The van der Waals surface area contributed by atoms with Crippen LogP contribution in [0, 0.1) is 23.7 Å². The monoisotopic (exact) mass is 260 g/mol. The van der Waals surface area contributed by atoms with Crippen LogP contribution in [0.15, 0.2) is 10.1 Å². The van der Waals surface area contributed by atoms with Crippen molar-refractivity contribution in [3.8, 4) is 0 Å². The van der Waals surface area contributed by atoms with Gasteiger partial charge in [0.1, 0.15) is 10.3 Å². The summed E-state index contributed by atoms with van der Waals surface area (Å²) in [6.07, 6.45) is 2.80. The van der Waals surface area contributed by atoms with Crippen LogP contribution in [0.5, 0.6) is 0 Å². The molecular weight excluding hydrogens is 247 g/mol. The van der Waals surface area contributed by atoms with E-state index in [4.69, 9.17) is 23.2 Å². The summed E-state index contributed by atoms with van der Waals surface area (Å²) in [4.78, 5) is 12.0. The van der Waals surface area contributed by atoms with Gasteiger partial charge in [0.2, 0.25) is 0 Å². The molecule has 88 valence electrons. The van der Waals surface area contributed by atoms with Gasteiger partial charge in [-0.3, -0.25) is 4.79 Å². The largest absolute Gasteiger partial charge is 0.393 e. The van der Waals surface area contributed by atoms with E-state index < -0.39 is 0 Å². The normalized spacial score (nSPS) is 46.1. The van der Waals surface area contributed by atoms with Crippen LogP contribution in [-0.4, -0.2) is 17.0 Å². The lowest BCUT2D eigenvalue weighted by molar-refractivity contribution is -0.133. The molecule has 0 amide bonds. The molecule has 5 atom stereocenters. The van der Waals surface area contributed by atoms with Gasteiger partial charge in [-0.1, -0.05) is 23.2 Å². The van der Waals surface area contributed by atoms with Crippen molar-refractivity contribution in [2.75, 3.05) is 0 Å². The summed E-state index contributed by atoms with van der Waals surface area (Å²) < 4.78 is 0.335. The molecule has 0 radical (unpaired) electrons. The highest BCUT2D eigenvalue weighted by Gasteiger charge is 2.58. The molecule has 3 saturated carbocycles. The summed E-state index contributed by atoms with van der Waals surface area (Å²) in [6, 6.07) is 0. The fourth-order valence-corrected chi connectivity index (χ4v) is 4.67. The molecule has 0 heterocycles. The topological polar surface area (TPSA) is 37.3 Å². The third-order valence-electron chi connectivity index (χ3n) is 4.62. The first-order valence-electron chi connectivity index (χ1n) is 5.87. The number of Topliss-reactive ketones (excluding diaryl/α,β-unsaturated/α-hetero) is 1. The van der Waals surface area contributed by atoms with Crippen molar-refractivity contribution >= 4 is 29.0 Å². The average molecular weight is 261 g/mol. The third kappa shape index (κ3) is 1.33. The summed E-state index contributed by atoms with van der Waals surface area (Å²) in [5.41, 5.74) is 1.05. The third-order valence-corrected chi connectivity index (χ3v) is 5.06. The molecular formula is C12H14Cl2O2. The lowest BCUT2D eigenvalue weighted by Gasteiger charge is -2.36. The second-order valence-electron chi connectivity index (χ2n) is 5.18. The average Bonchev–Trinajstić information content (AvgIpc) is 2.79. The minimum Gasteiger partial charge on any atom is -0.393 e. The summed E-state index contributed by atoms with van der Waals surface area (Å²) in [6.45, 7) is 0. The Bertz CT molecular complexity index is 373. The number of aliphatic hydroxyl groups excluding tert-OH is 1. The van der Waals surface area contributed by atoms with Crippen molar-refractivity contribution in [1.82, 2.24) is 0 Å². The van der Waals surface area contributed by atoms with Crippen LogP contribution in [0.3, 0.4) is 0 Å². The zero-order valence-corrected chi connectivity index (χ0v) is 10.3. The molecule has 2 nitrogen and oxygen atoms in total. The van der Waals surface area contributed by atoms with Gasteiger partial charge >= 0.3 is 0 Å². The summed E-state index contributed by atoms with van der Waals surface area (Å²) in [5, 5.41) is 10.1. The molecule has 0 aliphatic heterocycles. The van der Waals surface area contributed by atoms with E-state index in [2.05, 4.69) is 0 Å². The fraction of sp³-hybridized carbons (Fsp3) is 0.750. The Balaban J connectivity index is 2.04. The number of carbonyl (C=O) groups excluding carboxylic acids is 1. The predicted octanol–water partition coefficient (Wildman–Crippen LogP) is 2.67.